The maximum absolute atomic E-state index is 13.3. The predicted molar refractivity (Wildman–Crippen MR) is 141 cm³/mol. The van der Waals surface area contributed by atoms with Gasteiger partial charge in [0.2, 0.25) is 5.91 Å². The van der Waals surface area contributed by atoms with Crippen LogP contribution in [0.5, 0.6) is 0 Å². The van der Waals surface area contributed by atoms with Crippen LogP contribution in [0.4, 0.5) is 10.6 Å². The van der Waals surface area contributed by atoms with Crippen molar-refractivity contribution in [3.8, 4) is 11.4 Å². The van der Waals surface area contributed by atoms with Gasteiger partial charge in [-0.1, -0.05) is 30.3 Å². The maximum atomic E-state index is 13.3. The van der Waals surface area contributed by atoms with Crippen molar-refractivity contribution in [2.24, 2.45) is 0 Å². The monoisotopic (exact) mass is 542 g/mol. The summed E-state index contributed by atoms with van der Waals surface area (Å²) in [5, 5.41) is 24.3. The van der Waals surface area contributed by atoms with Gasteiger partial charge in [-0.3, -0.25) is 14.4 Å². The Bertz CT molecular complexity index is 1150. The van der Waals surface area contributed by atoms with Gasteiger partial charge >= 0.3 is 12.1 Å². The van der Waals surface area contributed by atoms with E-state index in [1.807, 2.05) is 6.07 Å². The molecule has 13 nitrogen and oxygen atoms in total. The lowest BCUT2D eigenvalue weighted by Crippen LogP contribution is -2.56. The summed E-state index contributed by atoms with van der Waals surface area (Å²) in [5.41, 5.74) is 0.626. The third kappa shape index (κ3) is 8.37. The smallest absolute Gasteiger partial charge is 0.409 e. The highest BCUT2D eigenvalue weighted by atomic mass is 16.6. The number of anilines is 1. The molecule has 1 fully saturated rings. The first-order valence-electron chi connectivity index (χ1n) is 12.8. The Labute approximate surface area is 226 Å². The molecule has 3 amide bonds. The zero-order chi connectivity index (χ0) is 28.4. The number of carboxylic acids is 1. The predicted octanol–water partition coefficient (Wildman–Crippen LogP) is 1.20. The molecule has 1 aliphatic rings. The van der Waals surface area contributed by atoms with Crippen LogP contribution in [0.1, 0.15) is 37.2 Å². The van der Waals surface area contributed by atoms with Crippen molar-refractivity contribution in [2.75, 3.05) is 44.7 Å². The van der Waals surface area contributed by atoms with E-state index in [1.165, 1.54) is 15.9 Å². The Hall–Kier alpha value is -4.26. The van der Waals surface area contributed by atoms with Crippen molar-refractivity contribution < 1.29 is 34.1 Å². The molecule has 1 aromatic heterocycles. The highest BCUT2D eigenvalue weighted by Crippen LogP contribution is 2.19. The largest absolute Gasteiger partial charge is 0.481 e. The zero-order valence-corrected chi connectivity index (χ0v) is 22.0. The molecule has 1 saturated heterocycles. The number of nitrogens with one attached hydrogen (secondary N) is 2. The number of hydrogen-bond acceptors (Lipinski definition) is 9. The first-order chi connectivity index (χ1) is 18.7. The van der Waals surface area contributed by atoms with Gasteiger partial charge in [-0.15, -0.1) is 0 Å². The number of carbonyl (C=O) groups is 4. The van der Waals surface area contributed by atoms with E-state index in [0.717, 1.165) is 0 Å². The minimum atomic E-state index is -1.12. The lowest BCUT2D eigenvalue weighted by molar-refractivity contribution is -0.138. The summed E-state index contributed by atoms with van der Waals surface area (Å²) in [6, 6.07) is 8.94. The van der Waals surface area contributed by atoms with Gasteiger partial charge in [-0.25, -0.2) is 14.8 Å². The Morgan fingerprint density at radius 2 is 1.72 bits per heavy atom. The molecule has 0 radical (unpaired) electrons. The lowest BCUT2D eigenvalue weighted by Gasteiger charge is -2.35. The number of amides is 3. The second kappa shape index (κ2) is 14.0. The highest BCUT2D eigenvalue weighted by Gasteiger charge is 2.31. The number of aliphatic carboxylic acids is 1. The molecule has 13 heteroatoms. The van der Waals surface area contributed by atoms with Crippen molar-refractivity contribution in [1.29, 1.82) is 0 Å². The molecule has 3 rings (SSSR count). The van der Waals surface area contributed by atoms with Crippen LogP contribution in [0.3, 0.4) is 0 Å². The van der Waals surface area contributed by atoms with E-state index in [0.29, 0.717) is 11.4 Å². The molecule has 210 valence electrons. The van der Waals surface area contributed by atoms with E-state index in [2.05, 4.69) is 20.6 Å². The SMILES string of the molecule is CCOC(=O)N1CCN(C(=O)[C@H](CCC(=O)O)NC(=O)c2cc(N[C@@H](C)CO)nc(-c3ccccc3)n2)CC1. The molecule has 2 aromatic rings. The topological polar surface area (TPSA) is 174 Å². The maximum Gasteiger partial charge on any atom is 0.409 e. The first kappa shape index (κ1) is 29.3. The highest BCUT2D eigenvalue weighted by molar-refractivity contribution is 5.97. The van der Waals surface area contributed by atoms with Gasteiger partial charge in [0, 0.05) is 50.3 Å². The third-order valence-electron chi connectivity index (χ3n) is 6.03. The van der Waals surface area contributed by atoms with Crippen LogP contribution in [0.2, 0.25) is 0 Å². The average Bonchev–Trinajstić information content (AvgIpc) is 2.95. The Morgan fingerprint density at radius 3 is 2.33 bits per heavy atom. The van der Waals surface area contributed by atoms with Crippen molar-refractivity contribution in [3.63, 3.8) is 0 Å². The minimum absolute atomic E-state index is 0.0308. The Balaban J connectivity index is 1.81. The van der Waals surface area contributed by atoms with Crippen molar-refractivity contribution >= 4 is 29.7 Å². The minimum Gasteiger partial charge on any atom is -0.481 e. The Morgan fingerprint density at radius 1 is 1.05 bits per heavy atom. The molecule has 0 spiro atoms. The molecule has 0 aliphatic carbocycles. The molecular formula is C26H34N6O7. The number of rotatable bonds is 11. The summed E-state index contributed by atoms with van der Waals surface area (Å²) in [4.78, 5) is 61.7. The molecule has 0 unspecified atom stereocenters. The molecule has 1 aliphatic heterocycles. The van der Waals surface area contributed by atoms with E-state index in [-0.39, 0.29) is 69.8 Å². The van der Waals surface area contributed by atoms with Crippen LogP contribution in [0.15, 0.2) is 36.4 Å². The Kier molecular flexibility index (Phi) is 10.6. The van der Waals surface area contributed by atoms with Crippen LogP contribution in [-0.2, 0) is 14.3 Å². The van der Waals surface area contributed by atoms with Gasteiger partial charge in [0.25, 0.3) is 5.91 Å². The molecule has 39 heavy (non-hydrogen) atoms. The van der Waals surface area contributed by atoms with Crippen LogP contribution in [-0.4, -0.2) is 105 Å². The van der Waals surface area contributed by atoms with Gasteiger partial charge < -0.3 is 35.4 Å². The number of carboxylic acid groups (broad SMARTS) is 1. The normalized spacial score (nSPS) is 14.7. The van der Waals surface area contributed by atoms with Crippen molar-refractivity contribution in [3.05, 3.63) is 42.1 Å². The van der Waals surface area contributed by atoms with Gasteiger partial charge in [-0.2, -0.15) is 0 Å². The first-order valence-corrected chi connectivity index (χ1v) is 12.8. The van der Waals surface area contributed by atoms with E-state index in [9.17, 15) is 29.4 Å². The third-order valence-corrected chi connectivity index (χ3v) is 6.03. The van der Waals surface area contributed by atoms with E-state index in [4.69, 9.17) is 4.74 Å². The molecule has 0 saturated carbocycles. The summed E-state index contributed by atoms with van der Waals surface area (Å²) in [7, 11) is 0. The lowest BCUT2D eigenvalue weighted by atomic mass is 10.1. The summed E-state index contributed by atoms with van der Waals surface area (Å²) in [5.74, 6) is -1.66. The van der Waals surface area contributed by atoms with Crippen molar-refractivity contribution in [2.45, 2.75) is 38.8 Å². The molecular weight excluding hydrogens is 508 g/mol. The molecule has 2 heterocycles. The standard InChI is InChI=1S/C26H34N6O7/c1-3-39-26(38)32-13-11-31(12-14-32)25(37)19(9-10-22(34)35)29-24(36)20-15-21(27-17(2)16-33)30-23(28-20)18-7-5-4-6-8-18/h4-8,15,17,19,33H,3,9-14,16H2,1-2H3,(H,29,36)(H,34,35)(H,27,28,30)/t17-,19-/m0/s1. The van der Waals surface area contributed by atoms with Gasteiger partial charge in [0.05, 0.1) is 13.2 Å². The van der Waals surface area contributed by atoms with Crippen molar-refractivity contribution in [1.82, 2.24) is 25.1 Å². The second-order valence-electron chi connectivity index (χ2n) is 9.03. The number of ether oxygens (including phenoxy) is 1. The number of hydrogen-bond donors (Lipinski definition) is 4. The number of aromatic nitrogens is 2. The number of nitrogens with zero attached hydrogens (tertiary/aromatic N) is 4. The van der Waals surface area contributed by atoms with Crippen LogP contribution < -0.4 is 10.6 Å². The van der Waals surface area contributed by atoms with Crippen LogP contribution in [0, 0.1) is 0 Å². The van der Waals surface area contributed by atoms with E-state index in [1.54, 1.807) is 38.1 Å². The van der Waals surface area contributed by atoms with Gasteiger partial charge in [0.1, 0.15) is 17.6 Å². The van der Waals surface area contributed by atoms with Crippen LogP contribution >= 0.6 is 0 Å². The van der Waals surface area contributed by atoms with E-state index < -0.39 is 29.9 Å². The summed E-state index contributed by atoms with van der Waals surface area (Å²) in [6.07, 6.45) is -0.918. The quantitative estimate of drug-likeness (QED) is 0.323. The molecule has 1 aromatic carbocycles. The fourth-order valence-electron chi connectivity index (χ4n) is 3.95. The molecule has 4 N–H and O–H groups in total. The summed E-state index contributed by atoms with van der Waals surface area (Å²) >= 11 is 0. The number of carbonyl (C=O) groups excluding carboxylic acids is 3. The number of benzene rings is 1. The fourth-order valence-corrected chi connectivity index (χ4v) is 3.95. The fraction of sp³-hybridized carbons (Fsp3) is 0.462. The van der Waals surface area contributed by atoms with E-state index >= 15 is 0 Å². The molecule has 0 bridgehead atoms. The number of aliphatic hydroxyl groups excluding tert-OH is 1. The zero-order valence-electron chi connectivity index (χ0n) is 22.0. The summed E-state index contributed by atoms with van der Waals surface area (Å²) < 4.78 is 5.00. The van der Waals surface area contributed by atoms with Crippen LogP contribution in [0.25, 0.3) is 11.4 Å². The second-order valence-corrected chi connectivity index (χ2v) is 9.03. The van der Waals surface area contributed by atoms with Gasteiger partial charge in [-0.05, 0) is 20.3 Å². The molecule has 2 atom stereocenters. The number of piperazine rings is 1. The number of aliphatic hydroxyl groups is 1. The van der Waals surface area contributed by atoms with Gasteiger partial charge in [0.15, 0.2) is 5.82 Å². The summed E-state index contributed by atoms with van der Waals surface area (Å²) in [6.45, 7) is 4.48. The average molecular weight is 543 g/mol.